The van der Waals surface area contributed by atoms with Gasteiger partial charge in [-0.25, -0.2) is 0 Å². The zero-order valence-electron chi connectivity index (χ0n) is 44.4. The summed E-state index contributed by atoms with van der Waals surface area (Å²) in [4.78, 5) is 13.0. The Morgan fingerprint density at radius 1 is 0.472 bits per heavy atom. The molecule has 0 aromatic rings. The fourth-order valence-corrected chi connectivity index (χ4v) is 8.46. The van der Waals surface area contributed by atoms with Gasteiger partial charge in [-0.1, -0.05) is 189 Å². The first-order valence-electron chi connectivity index (χ1n) is 28.0. The summed E-state index contributed by atoms with van der Waals surface area (Å²) in [5, 5.41) is 72.3. The molecule has 72 heavy (non-hydrogen) atoms. The molecule has 0 spiro atoms. The Hall–Kier alpha value is -2.57. The minimum Gasteiger partial charge on any atom is -0.457 e. The third kappa shape index (κ3) is 31.3. The molecular formula is C58H100O14. The van der Waals surface area contributed by atoms with Gasteiger partial charge in [0.15, 0.2) is 12.6 Å². The quantitative estimate of drug-likeness (QED) is 0.0172. The second kappa shape index (κ2) is 44.7. The van der Waals surface area contributed by atoms with Gasteiger partial charge in [0.25, 0.3) is 0 Å². The molecule has 0 saturated carbocycles. The molecule has 2 aliphatic heterocycles. The Balaban J connectivity index is 1.75. The highest BCUT2D eigenvalue weighted by molar-refractivity contribution is 5.69. The predicted molar refractivity (Wildman–Crippen MR) is 284 cm³/mol. The second-order valence-corrected chi connectivity index (χ2v) is 19.4. The lowest BCUT2D eigenvalue weighted by Crippen LogP contribution is -2.61. The second-order valence-electron chi connectivity index (χ2n) is 19.4. The largest absolute Gasteiger partial charge is 0.457 e. The van der Waals surface area contributed by atoms with E-state index in [1.807, 2.05) is 0 Å². The highest BCUT2D eigenvalue weighted by Crippen LogP contribution is 2.26. The van der Waals surface area contributed by atoms with E-state index >= 15 is 0 Å². The summed E-state index contributed by atoms with van der Waals surface area (Å²) < 4.78 is 34.3. The molecule has 0 bridgehead atoms. The van der Waals surface area contributed by atoms with Crippen LogP contribution >= 0.6 is 0 Å². The molecule has 0 radical (unpaired) electrons. The van der Waals surface area contributed by atoms with Crippen LogP contribution in [0.4, 0.5) is 0 Å². The van der Waals surface area contributed by atoms with Crippen LogP contribution in [0.15, 0.2) is 72.9 Å². The molecule has 2 aliphatic rings. The minimum absolute atomic E-state index is 0.0372. The van der Waals surface area contributed by atoms with Crippen molar-refractivity contribution in [2.24, 2.45) is 0 Å². The van der Waals surface area contributed by atoms with Crippen molar-refractivity contribution in [1.29, 1.82) is 0 Å². The van der Waals surface area contributed by atoms with Crippen LogP contribution in [0.2, 0.25) is 0 Å². The zero-order valence-corrected chi connectivity index (χ0v) is 44.4. The van der Waals surface area contributed by atoms with Crippen LogP contribution in [0.3, 0.4) is 0 Å². The van der Waals surface area contributed by atoms with E-state index in [2.05, 4.69) is 86.8 Å². The van der Waals surface area contributed by atoms with Crippen LogP contribution in [0.5, 0.6) is 0 Å². The van der Waals surface area contributed by atoms with E-state index in [1.54, 1.807) is 0 Å². The van der Waals surface area contributed by atoms with Crippen molar-refractivity contribution in [3.63, 3.8) is 0 Å². The average Bonchev–Trinajstić information content (AvgIpc) is 3.38. The van der Waals surface area contributed by atoms with Gasteiger partial charge in [-0.05, 0) is 64.2 Å². The number of hydrogen-bond donors (Lipinski definition) is 7. The highest BCUT2D eigenvalue weighted by atomic mass is 16.7. The first kappa shape index (κ1) is 65.5. The van der Waals surface area contributed by atoms with Crippen LogP contribution in [-0.2, 0) is 33.2 Å². The Morgan fingerprint density at radius 3 is 1.40 bits per heavy atom. The number of aliphatic hydroxyl groups is 7. The average molecular weight is 1020 g/mol. The van der Waals surface area contributed by atoms with Gasteiger partial charge >= 0.3 is 5.97 Å². The van der Waals surface area contributed by atoms with Crippen molar-refractivity contribution >= 4 is 5.97 Å². The minimum atomic E-state index is -1.72. The van der Waals surface area contributed by atoms with Gasteiger partial charge < -0.3 is 64.2 Å². The molecule has 14 heteroatoms. The van der Waals surface area contributed by atoms with E-state index < -0.39 is 80.7 Å². The zero-order chi connectivity index (χ0) is 52.3. The Labute approximate surface area is 434 Å². The van der Waals surface area contributed by atoms with E-state index in [0.29, 0.717) is 13.0 Å². The standard InChI is InChI=1S/C58H100O14/c1-3-5-7-9-11-13-15-17-19-21-22-23-24-25-26-28-30-32-34-36-38-40-42-67-44-47(70-50(60)41-39-37-35-33-31-29-27-20-18-16-14-12-10-8-6-4-2)45-68-57-56(66)54(64)52(62)49(72-57)46-69-58-55(65)53(63)51(61)48(43-59)71-58/h5,7,11,13,17,19,22-23,25-26,30,32,47-49,51-59,61-66H,3-4,6,8-10,12,14-16,18,20-21,24,27-29,31,33-46H2,1-2H3/b7-5-,13-11-,19-17-,23-22-,26-25-,32-30-. The molecule has 0 aromatic carbocycles. The van der Waals surface area contributed by atoms with Crippen molar-refractivity contribution in [3.8, 4) is 0 Å². The highest BCUT2D eigenvalue weighted by Gasteiger charge is 2.47. The van der Waals surface area contributed by atoms with Gasteiger partial charge in [0, 0.05) is 13.0 Å². The summed E-state index contributed by atoms with van der Waals surface area (Å²) in [6, 6.07) is 0. The number of ether oxygens (including phenoxy) is 6. The lowest BCUT2D eigenvalue weighted by molar-refractivity contribution is -0.332. The van der Waals surface area contributed by atoms with Crippen LogP contribution in [0, 0.1) is 0 Å². The van der Waals surface area contributed by atoms with Crippen LogP contribution in [0.25, 0.3) is 0 Å². The van der Waals surface area contributed by atoms with Gasteiger partial charge in [-0.3, -0.25) is 4.79 Å². The van der Waals surface area contributed by atoms with E-state index in [0.717, 1.165) is 83.5 Å². The Bertz CT molecular complexity index is 1460. The number of allylic oxidation sites excluding steroid dienone is 12. The molecule has 0 amide bonds. The van der Waals surface area contributed by atoms with Gasteiger partial charge in [-0.2, -0.15) is 0 Å². The SMILES string of the molecule is CC/C=C\C/C=C\C/C=C\C/C=C\C/C=C\C/C=C\CCCCCOCC(COC1OC(COC2OC(CO)C(O)C(O)C2O)C(O)C(O)C1O)OC(=O)CCCCCCCCCCCCCCCCCC. The lowest BCUT2D eigenvalue weighted by Gasteiger charge is -2.42. The maximum absolute atomic E-state index is 13.0. The molecule has 2 heterocycles. The van der Waals surface area contributed by atoms with Gasteiger partial charge in [-0.15, -0.1) is 0 Å². The molecule has 11 atom stereocenters. The van der Waals surface area contributed by atoms with Crippen molar-refractivity contribution in [3.05, 3.63) is 72.9 Å². The monoisotopic (exact) mass is 1020 g/mol. The van der Waals surface area contributed by atoms with Crippen LogP contribution < -0.4 is 0 Å². The molecule has 0 aliphatic carbocycles. The number of hydrogen-bond acceptors (Lipinski definition) is 14. The molecule has 2 saturated heterocycles. The Kier molecular flexibility index (Phi) is 40.7. The Morgan fingerprint density at radius 2 is 0.903 bits per heavy atom. The third-order valence-electron chi connectivity index (χ3n) is 13.0. The molecule has 7 N–H and O–H groups in total. The molecule has 14 nitrogen and oxygen atoms in total. The third-order valence-corrected chi connectivity index (χ3v) is 13.0. The molecular weight excluding hydrogens is 921 g/mol. The van der Waals surface area contributed by atoms with Crippen LogP contribution in [0.1, 0.15) is 187 Å². The van der Waals surface area contributed by atoms with E-state index in [9.17, 15) is 40.5 Å². The van der Waals surface area contributed by atoms with Gasteiger partial charge in [0.2, 0.25) is 0 Å². The van der Waals surface area contributed by atoms with Crippen molar-refractivity contribution in [2.45, 2.75) is 255 Å². The maximum atomic E-state index is 13.0. The molecule has 2 rings (SSSR count). The van der Waals surface area contributed by atoms with E-state index in [-0.39, 0.29) is 25.6 Å². The number of rotatable bonds is 44. The number of unbranched alkanes of at least 4 members (excludes halogenated alkanes) is 18. The smallest absolute Gasteiger partial charge is 0.306 e. The van der Waals surface area contributed by atoms with Gasteiger partial charge in [0.05, 0.1) is 26.4 Å². The maximum Gasteiger partial charge on any atom is 0.306 e. The van der Waals surface area contributed by atoms with Crippen LogP contribution in [-0.4, -0.2) is 142 Å². The van der Waals surface area contributed by atoms with Crippen molar-refractivity contribution in [1.82, 2.24) is 0 Å². The molecule has 11 unspecified atom stereocenters. The molecule has 416 valence electrons. The number of carbonyl (C=O) groups excluding carboxylic acids is 1. The van der Waals surface area contributed by atoms with Crippen molar-refractivity contribution < 1.29 is 69.0 Å². The summed E-state index contributed by atoms with van der Waals surface area (Å²) in [5.41, 5.74) is 0. The summed E-state index contributed by atoms with van der Waals surface area (Å²) in [6.45, 7) is 3.50. The number of carbonyl (C=O) groups is 1. The number of aliphatic hydroxyl groups excluding tert-OH is 7. The topological polar surface area (TPSA) is 214 Å². The summed E-state index contributed by atoms with van der Waals surface area (Å²) >= 11 is 0. The summed E-state index contributed by atoms with van der Waals surface area (Å²) in [5.74, 6) is -0.389. The first-order chi connectivity index (χ1) is 35.1. The number of esters is 1. The van der Waals surface area contributed by atoms with E-state index in [1.165, 1.54) is 77.0 Å². The predicted octanol–water partition coefficient (Wildman–Crippen LogP) is 9.47. The normalized spacial score (nSPS) is 25.7. The van der Waals surface area contributed by atoms with Gasteiger partial charge in [0.1, 0.15) is 54.9 Å². The fraction of sp³-hybridized carbons (Fsp3) is 0.776. The summed E-state index contributed by atoms with van der Waals surface area (Å²) in [6.07, 6.45) is 39.6. The fourth-order valence-electron chi connectivity index (χ4n) is 8.46. The molecule has 0 aromatic heterocycles. The summed E-state index contributed by atoms with van der Waals surface area (Å²) in [7, 11) is 0. The lowest BCUT2D eigenvalue weighted by atomic mass is 9.98. The first-order valence-corrected chi connectivity index (χ1v) is 28.0. The van der Waals surface area contributed by atoms with Crippen molar-refractivity contribution in [2.75, 3.05) is 33.0 Å². The molecule has 2 fully saturated rings. The van der Waals surface area contributed by atoms with E-state index in [4.69, 9.17) is 28.4 Å².